The minimum absolute atomic E-state index is 0.109. The summed E-state index contributed by atoms with van der Waals surface area (Å²) in [6.45, 7) is 3.76. The zero-order valence-electron chi connectivity index (χ0n) is 17.0. The molecule has 0 saturated heterocycles. The lowest BCUT2D eigenvalue weighted by molar-refractivity contribution is 0.0792. The lowest BCUT2D eigenvalue weighted by atomic mass is 10.0. The van der Waals surface area contributed by atoms with Crippen molar-refractivity contribution in [1.29, 1.82) is 0 Å². The van der Waals surface area contributed by atoms with Crippen molar-refractivity contribution in [3.8, 4) is 0 Å². The molecule has 0 fully saturated rings. The minimum Gasteiger partial charge on any atom is -0.399 e. The number of anilines is 1. The zero-order valence-corrected chi connectivity index (χ0v) is 17.0. The number of fused-ring (bicyclic) bond motifs is 2. The average Bonchev–Trinajstić information content (AvgIpc) is 2.89. The molecule has 2 aliphatic heterocycles. The molecular weight excluding hydrogens is 350 g/mol. The van der Waals surface area contributed by atoms with Gasteiger partial charge in [-0.05, 0) is 68.0 Å². The van der Waals surface area contributed by atoms with E-state index in [1.54, 1.807) is 15.9 Å². The van der Waals surface area contributed by atoms with Crippen molar-refractivity contribution in [2.75, 3.05) is 32.9 Å². The van der Waals surface area contributed by atoms with Crippen LogP contribution >= 0.6 is 0 Å². The van der Waals surface area contributed by atoms with Crippen LogP contribution < -0.4 is 5.73 Å². The maximum Gasteiger partial charge on any atom is 0.253 e. The quantitative estimate of drug-likeness (QED) is 0.714. The largest absolute Gasteiger partial charge is 0.399 e. The van der Waals surface area contributed by atoms with Gasteiger partial charge in [0.05, 0.1) is 0 Å². The van der Waals surface area contributed by atoms with Crippen LogP contribution in [0.5, 0.6) is 0 Å². The van der Waals surface area contributed by atoms with E-state index in [0.29, 0.717) is 0 Å². The lowest BCUT2D eigenvalue weighted by Crippen LogP contribution is -2.26. The highest BCUT2D eigenvalue weighted by atomic mass is 16.2. The molecule has 2 N–H and O–H groups in total. The normalized spacial score (nSPS) is 16.4. The fraction of sp³-hybridized carbons (Fsp3) is 0.391. The SMILES string of the molecule is CN1CCCc2cc(N)ccc2C1=O.Cc1ccc2c(c1)CCCN(C)C2=O. The van der Waals surface area contributed by atoms with Gasteiger partial charge >= 0.3 is 0 Å². The lowest BCUT2D eigenvalue weighted by Gasteiger charge is -2.13. The monoisotopic (exact) mass is 379 g/mol. The first-order valence-corrected chi connectivity index (χ1v) is 9.85. The molecule has 2 aliphatic rings. The van der Waals surface area contributed by atoms with Crippen LogP contribution in [0.15, 0.2) is 36.4 Å². The number of hydrogen-bond acceptors (Lipinski definition) is 3. The molecule has 2 heterocycles. The van der Waals surface area contributed by atoms with Crippen molar-refractivity contribution in [3.63, 3.8) is 0 Å². The second-order valence-electron chi connectivity index (χ2n) is 7.74. The third kappa shape index (κ3) is 4.35. The van der Waals surface area contributed by atoms with Gasteiger partial charge in [-0.2, -0.15) is 0 Å². The first-order chi connectivity index (χ1) is 13.4. The molecule has 5 nitrogen and oxygen atoms in total. The van der Waals surface area contributed by atoms with E-state index in [9.17, 15) is 9.59 Å². The fourth-order valence-electron chi connectivity index (χ4n) is 3.79. The Kier molecular flexibility index (Phi) is 6.02. The summed E-state index contributed by atoms with van der Waals surface area (Å²) in [7, 11) is 3.71. The predicted molar refractivity (Wildman–Crippen MR) is 113 cm³/mol. The molecule has 0 aliphatic carbocycles. The van der Waals surface area contributed by atoms with Gasteiger partial charge in [0.1, 0.15) is 0 Å². The Hall–Kier alpha value is -2.82. The highest BCUT2D eigenvalue weighted by Gasteiger charge is 2.19. The topological polar surface area (TPSA) is 66.6 Å². The number of amides is 2. The number of rotatable bonds is 0. The number of nitrogens with two attached hydrogens (primary N) is 1. The number of benzene rings is 2. The van der Waals surface area contributed by atoms with Crippen molar-refractivity contribution in [3.05, 3.63) is 64.2 Å². The van der Waals surface area contributed by atoms with Crippen LogP contribution in [0.4, 0.5) is 5.69 Å². The molecule has 0 unspecified atom stereocenters. The molecule has 0 aromatic heterocycles. The van der Waals surface area contributed by atoms with Crippen molar-refractivity contribution in [1.82, 2.24) is 9.80 Å². The smallest absolute Gasteiger partial charge is 0.253 e. The average molecular weight is 380 g/mol. The predicted octanol–water partition coefficient (Wildman–Crippen LogP) is 3.30. The second kappa shape index (κ2) is 8.46. The molecule has 148 valence electrons. The number of hydrogen-bond donors (Lipinski definition) is 1. The second-order valence-corrected chi connectivity index (χ2v) is 7.74. The minimum atomic E-state index is 0.109. The maximum atomic E-state index is 11.9. The number of nitrogen functional groups attached to an aromatic ring is 1. The summed E-state index contributed by atoms with van der Waals surface area (Å²) in [4.78, 5) is 27.3. The van der Waals surface area contributed by atoms with Crippen LogP contribution in [0, 0.1) is 6.92 Å². The molecule has 0 bridgehead atoms. The van der Waals surface area contributed by atoms with Crippen LogP contribution in [-0.4, -0.2) is 48.8 Å². The Morgan fingerprint density at radius 1 is 0.786 bits per heavy atom. The summed E-state index contributed by atoms with van der Waals surface area (Å²) in [5.74, 6) is 0.273. The summed E-state index contributed by atoms with van der Waals surface area (Å²) in [6, 6.07) is 11.6. The van der Waals surface area contributed by atoms with Gasteiger partial charge in [-0.1, -0.05) is 17.7 Å². The number of nitrogens with zero attached hydrogens (tertiary/aromatic N) is 2. The molecule has 2 amide bonds. The van der Waals surface area contributed by atoms with E-state index in [2.05, 4.69) is 13.0 Å². The summed E-state index contributed by atoms with van der Waals surface area (Å²) < 4.78 is 0. The van der Waals surface area contributed by atoms with Gasteiger partial charge < -0.3 is 15.5 Å². The molecule has 4 rings (SSSR count). The van der Waals surface area contributed by atoms with Gasteiger partial charge in [0.25, 0.3) is 11.8 Å². The van der Waals surface area contributed by atoms with Gasteiger partial charge in [0.2, 0.25) is 0 Å². The Morgan fingerprint density at radius 3 is 1.86 bits per heavy atom. The molecule has 5 heteroatoms. The molecule has 0 radical (unpaired) electrons. The van der Waals surface area contributed by atoms with E-state index >= 15 is 0 Å². The first kappa shape index (κ1) is 19.9. The summed E-state index contributed by atoms with van der Waals surface area (Å²) >= 11 is 0. The third-order valence-corrected chi connectivity index (χ3v) is 5.42. The van der Waals surface area contributed by atoms with Crippen molar-refractivity contribution in [2.24, 2.45) is 0 Å². The van der Waals surface area contributed by atoms with Crippen molar-refractivity contribution in [2.45, 2.75) is 32.6 Å². The molecule has 0 atom stereocenters. The number of carbonyl (C=O) groups is 2. The van der Waals surface area contributed by atoms with Crippen LogP contribution in [0.2, 0.25) is 0 Å². The van der Waals surface area contributed by atoms with Crippen LogP contribution in [0.3, 0.4) is 0 Å². The number of aryl methyl sites for hydroxylation is 3. The molecule has 0 spiro atoms. The van der Waals surface area contributed by atoms with E-state index < -0.39 is 0 Å². The molecule has 2 aromatic rings. The molecule has 2 aromatic carbocycles. The first-order valence-electron chi connectivity index (χ1n) is 9.85. The van der Waals surface area contributed by atoms with Crippen LogP contribution in [0.25, 0.3) is 0 Å². The van der Waals surface area contributed by atoms with Gasteiger partial charge in [0, 0.05) is 44.0 Å². The standard InChI is InChI=1S/C12H15NO.C11H14N2O/c1-9-5-6-11-10(8-9)4-3-7-13(2)12(11)14;1-13-6-2-3-8-7-9(12)4-5-10(8)11(13)14/h5-6,8H,3-4,7H2,1-2H3;4-5,7H,2-3,6,12H2,1H3. The van der Waals surface area contributed by atoms with E-state index in [1.807, 2.05) is 38.4 Å². The molecule has 28 heavy (non-hydrogen) atoms. The van der Waals surface area contributed by atoms with E-state index in [4.69, 9.17) is 5.73 Å². The van der Waals surface area contributed by atoms with E-state index in [-0.39, 0.29) is 11.8 Å². The highest BCUT2D eigenvalue weighted by molar-refractivity contribution is 5.96. The van der Waals surface area contributed by atoms with E-state index in [1.165, 1.54) is 11.1 Å². The van der Waals surface area contributed by atoms with Crippen molar-refractivity contribution < 1.29 is 9.59 Å². The fourth-order valence-corrected chi connectivity index (χ4v) is 3.79. The Labute approximate surface area is 167 Å². The van der Waals surface area contributed by atoms with Crippen LogP contribution in [-0.2, 0) is 12.8 Å². The Balaban J connectivity index is 0.000000161. The van der Waals surface area contributed by atoms with Gasteiger partial charge in [-0.3, -0.25) is 9.59 Å². The van der Waals surface area contributed by atoms with Gasteiger partial charge in [-0.25, -0.2) is 0 Å². The summed E-state index contributed by atoms with van der Waals surface area (Å²) in [6.07, 6.45) is 4.04. The third-order valence-electron chi connectivity index (χ3n) is 5.42. The highest BCUT2D eigenvalue weighted by Crippen LogP contribution is 2.20. The van der Waals surface area contributed by atoms with Gasteiger partial charge in [0.15, 0.2) is 0 Å². The van der Waals surface area contributed by atoms with E-state index in [0.717, 1.165) is 61.2 Å². The number of carbonyl (C=O) groups excluding carboxylic acids is 2. The van der Waals surface area contributed by atoms with Crippen LogP contribution in [0.1, 0.15) is 50.2 Å². The molecular formula is C23H29N3O2. The maximum absolute atomic E-state index is 11.9. The zero-order chi connectivity index (χ0) is 20.3. The van der Waals surface area contributed by atoms with Crippen molar-refractivity contribution >= 4 is 17.5 Å². The Bertz CT molecular complexity index is 818. The summed E-state index contributed by atoms with van der Waals surface area (Å²) in [5, 5.41) is 0. The van der Waals surface area contributed by atoms with Gasteiger partial charge in [-0.15, -0.1) is 0 Å². The Morgan fingerprint density at radius 2 is 1.29 bits per heavy atom. The summed E-state index contributed by atoms with van der Waals surface area (Å²) in [5.41, 5.74) is 11.6. The molecule has 0 saturated carbocycles.